The summed E-state index contributed by atoms with van der Waals surface area (Å²) in [6.45, 7) is 0. The van der Waals surface area contributed by atoms with Gasteiger partial charge >= 0.3 is 0 Å². The average molecular weight is 237 g/mol. The average Bonchev–Trinajstić information content (AvgIpc) is 2.63. The first-order valence-corrected chi connectivity index (χ1v) is 5.34. The highest BCUT2D eigenvalue weighted by Crippen LogP contribution is 2.27. The Labute approximate surface area is 96.8 Å². The van der Waals surface area contributed by atoms with Gasteiger partial charge in [-0.3, -0.25) is 4.68 Å². The summed E-state index contributed by atoms with van der Waals surface area (Å²) in [5.74, 6) is 0.657. The lowest BCUT2D eigenvalue weighted by atomic mass is 10.6. The normalized spacial score (nSPS) is 10.4. The number of hydrogen-bond acceptors (Lipinski definition) is 6. The van der Waals surface area contributed by atoms with E-state index >= 15 is 0 Å². The molecule has 2 rings (SSSR count). The molecule has 16 heavy (non-hydrogen) atoms. The van der Waals surface area contributed by atoms with Crippen molar-refractivity contribution in [1.29, 1.82) is 0 Å². The van der Waals surface area contributed by atoms with Gasteiger partial charge < -0.3 is 10.5 Å². The number of methoxy groups -OCH3 is 1. The van der Waals surface area contributed by atoms with Crippen LogP contribution in [0, 0.1) is 0 Å². The van der Waals surface area contributed by atoms with E-state index in [4.69, 9.17) is 10.5 Å². The Bertz CT molecular complexity index is 498. The molecule has 2 heterocycles. The van der Waals surface area contributed by atoms with Crippen LogP contribution in [0.4, 0.5) is 5.95 Å². The van der Waals surface area contributed by atoms with Gasteiger partial charge in [-0.05, 0) is 0 Å². The Hall–Kier alpha value is -1.76. The van der Waals surface area contributed by atoms with E-state index in [0.717, 1.165) is 9.92 Å². The molecule has 0 bridgehead atoms. The summed E-state index contributed by atoms with van der Waals surface area (Å²) in [6.07, 6.45) is 3.66. The van der Waals surface area contributed by atoms with Crippen LogP contribution in [-0.4, -0.2) is 26.9 Å². The Morgan fingerprint density at radius 2 is 2.25 bits per heavy atom. The lowest BCUT2D eigenvalue weighted by Crippen LogP contribution is -1.98. The second-order valence-electron chi connectivity index (χ2n) is 3.06. The third-order valence-corrected chi connectivity index (χ3v) is 2.67. The summed E-state index contributed by atoms with van der Waals surface area (Å²) in [5.41, 5.74) is 5.56. The molecule has 2 aromatic heterocycles. The number of nitrogen functional groups attached to an aromatic ring is 1. The first-order chi connectivity index (χ1) is 7.67. The molecule has 6 nitrogen and oxygen atoms in total. The van der Waals surface area contributed by atoms with Crippen LogP contribution >= 0.6 is 11.8 Å². The number of nitrogens with two attached hydrogens (primary N) is 1. The second-order valence-corrected chi connectivity index (χ2v) is 4.15. The Morgan fingerprint density at radius 3 is 2.88 bits per heavy atom. The molecule has 84 valence electrons. The summed E-state index contributed by atoms with van der Waals surface area (Å²) in [7, 11) is 3.40. The fraction of sp³-hybridized carbons (Fsp3) is 0.222. The van der Waals surface area contributed by atoms with E-state index in [1.54, 1.807) is 24.1 Å². The maximum Gasteiger partial charge on any atom is 0.224 e. The minimum absolute atomic E-state index is 0.200. The van der Waals surface area contributed by atoms with Crippen LogP contribution in [0.1, 0.15) is 0 Å². The van der Waals surface area contributed by atoms with Crippen molar-refractivity contribution in [3.8, 4) is 5.88 Å². The lowest BCUT2D eigenvalue weighted by Gasteiger charge is -2.02. The van der Waals surface area contributed by atoms with Crippen molar-refractivity contribution in [2.24, 2.45) is 7.05 Å². The van der Waals surface area contributed by atoms with Crippen LogP contribution in [0.5, 0.6) is 5.88 Å². The number of anilines is 1. The van der Waals surface area contributed by atoms with Crippen molar-refractivity contribution in [1.82, 2.24) is 19.7 Å². The van der Waals surface area contributed by atoms with Gasteiger partial charge in [0.2, 0.25) is 11.8 Å². The molecule has 0 spiro atoms. The van der Waals surface area contributed by atoms with Crippen LogP contribution in [0.25, 0.3) is 0 Å². The van der Waals surface area contributed by atoms with E-state index in [-0.39, 0.29) is 5.95 Å². The van der Waals surface area contributed by atoms with Crippen molar-refractivity contribution in [2.45, 2.75) is 9.92 Å². The number of aromatic nitrogens is 4. The zero-order valence-electron chi connectivity index (χ0n) is 8.91. The van der Waals surface area contributed by atoms with Gasteiger partial charge in [0.1, 0.15) is 5.03 Å². The van der Waals surface area contributed by atoms with Gasteiger partial charge in [-0.25, -0.2) is 4.98 Å². The van der Waals surface area contributed by atoms with Gasteiger partial charge in [-0.15, -0.1) is 0 Å². The molecular weight excluding hydrogens is 226 g/mol. The standard InChI is InChI=1S/C9H11N5OS/c1-14-5-6(4-11-14)16-8-3-7(15-2)12-9(10)13-8/h3-5H,1-2H3,(H2,10,12,13). The maximum atomic E-state index is 5.56. The van der Waals surface area contributed by atoms with E-state index in [2.05, 4.69) is 15.1 Å². The molecule has 0 unspecified atom stereocenters. The van der Waals surface area contributed by atoms with Crippen molar-refractivity contribution >= 4 is 17.7 Å². The van der Waals surface area contributed by atoms with E-state index in [1.165, 1.54) is 11.8 Å². The summed E-state index contributed by atoms with van der Waals surface area (Å²) in [5, 5.41) is 4.80. The Morgan fingerprint density at radius 1 is 1.44 bits per heavy atom. The monoisotopic (exact) mass is 237 g/mol. The van der Waals surface area contributed by atoms with Crippen molar-refractivity contribution < 1.29 is 4.74 Å². The predicted molar refractivity (Wildman–Crippen MR) is 60.3 cm³/mol. The lowest BCUT2D eigenvalue weighted by molar-refractivity contribution is 0.396. The molecule has 0 fully saturated rings. The summed E-state index contributed by atoms with van der Waals surface area (Å²) < 4.78 is 6.74. The molecular formula is C9H11N5OS. The highest BCUT2D eigenvalue weighted by Gasteiger charge is 2.05. The van der Waals surface area contributed by atoms with E-state index in [9.17, 15) is 0 Å². The molecule has 0 aliphatic carbocycles. The zero-order chi connectivity index (χ0) is 11.5. The zero-order valence-corrected chi connectivity index (χ0v) is 9.73. The molecule has 2 aromatic rings. The van der Waals surface area contributed by atoms with Gasteiger partial charge in [0, 0.05) is 19.3 Å². The molecule has 2 N–H and O–H groups in total. The van der Waals surface area contributed by atoms with Gasteiger partial charge in [0.05, 0.1) is 18.2 Å². The number of nitrogens with zero attached hydrogens (tertiary/aromatic N) is 4. The van der Waals surface area contributed by atoms with Crippen molar-refractivity contribution in [2.75, 3.05) is 12.8 Å². The second kappa shape index (κ2) is 4.40. The molecule has 0 saturated heterocycles. The molecule has 0 radical (unpaired) electrons. The third-order valence-electron chi connectivity index (χ3n) is 1.81. The van der Waals surface area contributed by atoms with Crippen LogP contribution in [0.2, 0.25) is 0 Å². The van der Waals surface area contributed by atoms with Gasteiger partial charge in [-0.1, -0.05) is 11.8 Å². The molecule has 7 heteroatoms. The SMILES string of the molecule is COc1cc(Sc2cnn(C)c2)nc(N)n1. The first kappa shape index (κ1) is 10.7. The van der Waals surface area contributed by atoms with Gasteiger partial charge in [0.25, 0.3) is 0 Å². The number of hydrogen-bond donors (Lipinski definition) is 1. The smallest absolute Gasteiger partial charge is 0.224 e. The molecule has 0 amide bonds. The number of aryl methyl sites for hydroxylation is 1. The van der Waals surface area contributed by atoms with Crippen LogP contribution in [0.15, 0.2) is 28.4 Å². The molecule has 0 aromatic carbocycles. The minimum Gasteiger partial charge on any atom is -0.481 e. The van der Waals surface area contributed by atoms with Crippen molar-refractivity contribution in [3.63, 3.8) is 0 Å². The summed E-state index contributed by atoms with van der Waals surface area (Å²) in [6, 6.07) is 1.73. The molecule has 0 aliphatic rings. The van der Waals surface area contributed by atoms with E-state index < -0.39 is 0 Å². The quantitative estimate of drug-likeness (QED) is 0.801. The van der Waals surface area contributed by atoms with E-state index in [0.29, 0.717) is 5.88 Å². The predicted octanol–water partition coefficient (Wildman–Crippen LogP) is 0.952. The summed E-state index contributed by atoms with van der Waals surface area (Å²) >= 11 is 1.46. The van der Waals surface area contributed by atoms with Gasteiger partial charge in [0.15, 0.2) is 0 Å². The molecule has 0 saturated carbocycles. The largest absolute Gasteiger partial charge is 0.481 e. The van der Waals surface area contributed by atoms with Crippen LogP contribution in [0.3, 0.4) is 0 Å². The van der Waals surface area contributed by atoms with Crippen LogP contribution in [-0.2, 0) is 7.05 Å². The van der Waals surface area contributed by atoms with Gasteiger partial charge in [-0.2, -0.15) is 10.1 Å². The first-order valence-electron chi connectivity index (χ1n) is 4.52. The fourth-order valence-electron chi connectivity index (χ4n) is 1.15. The Kier molecular flexibility index (Phi) is 2.95. The minimum atomic E-state index is 0.200. The molecule has 0 aliphatic heterocycles. The van der Waals surface area contributed by atoms with Crippen molar-refractivity contribution in [3.05, 3.63) is 18.5 Å². The number of rotatable bonds is 3. The highest BCUT2D eigenvalue weighted by molar-refractivity contribution is 7.99. The fourth-order valence-corrected chi connectivity index (χ4v) is 2.00. The third kappa shape index (κ3) is 2.43. The number of ether oxygens (including phenoxy) is 1. The highest BCUT2D eigenvalue weighted by atomic mass is 32.2. The maximum absolute atomic E-state index is 5.56. The molecule has 0 atom stereocenters. The van der Waals surface area contributed by atoms with Crippen LogP contribution < -0.4 is 10.5 Å². The summed E-state index contributed by atoms with van der Waals surface area (Å²) in [4.78, 5) is 9.00. The van der Waals surface area contributed by atoms with E-state index in [1.807, 2.05) is 13.2 Å². The Balaban J connectivity index is 2.24. The topological polar surface area (TPSA) is 78.8 Å².